The molecule has 6 nitrogen and oxygen atoms in total. The first-order chi connectivity index (χ1) is 11.1. The third-order valence-corrected chi connectivity index (χ3v) is 3.89. The highest BCUT2D eigenvalue weighted by Crippen LogP contribution is 2.14. The number of imidazole rings is 1. The average molecular weight is 318 g/mol. The lowest BCUT2D eigenvalue weighted by Crippen LogP contribution is -2.50. The van der Waals surface area contributed by atoms with Crippen molar-refractivity contribution < 1.29 is 13.9 Å². The number of hydrogen-bond acceptors (Lipinski definition) is 4. The van der Waals surface area contributed by atoms with Crippen molar-refractivity contribution in [3.63, 3.8) is 0 Å². The highest BCUT2D eigenvalue weighted by atomic mass is 19.1. The zero-order valence-corrected chi connectivity index (χ0v) is 13.0. The van der Waals surface area contributed by atoms with E-state index in [9.17, 15) is 9.18 Å². The minimum absolute atomic E-state index is 0.0337. The van der Waals surface area contributed by atoms with Crippen molar-refractivity contribution in [1.82, 2.24) is 14.5 Å². The predicted octanol–water partition coefficient (Wildman–Crippen LogP) is 1.29. The van der Waals surface area contributed by atoms with E-state index in [-0.39, 0.29) is 18.3 Å². The van der Waals surface area contributed by atoms with Gasteiger partial charge in [0.05, 0.1) is 0 Å². The van der Waals surface area contributed by atoms with Crippen LogP contribution in [0, 0.1) is 5.82 Å². The fourth-order valence-electron chi connectivity index (χ4n) is 2.59. The van der Waals surface area contributed by atoms with Crippen molar-refractivity contribution in [1.29, 1.82) is 0 Å². The van der Waals surface area contributed by atoms with E-state index in [0.717, 1.165) is 19.0 Å². The summed E-state index contributed by atoms with van der Waals surface area (Å²) in [5, 5.41) is 0. The molecule has 2 aromatic rings. The SMILES string of the molecule is Cn1ccnc1N1CCN(C(=O)COc2ccc(F)cc2)CC1. The van der Waals surface area contributed by atoms with Gasteiger partial charge in [0, 0.05) is 45.6 Å². The van der Waals surface area contributed by atoms with E-state index in [4.69, 9.17) is 4.74 Å². The Labute approximate surface area is 134 Å². The number of hydrogen-bond donors (Lipinski definition) is 0. The lowest BCUT2D eigenvalue weighted by Gasteiger charge is -2.35. The molecular weight excluding hydrogens is 299 g/mol. The quantitative estimate of drug-likeness (QED) is 0.852. The molecule has 3 rings (SSSR count). The third kappa shape index (κ3) is 3.61. The van der Waals surface area contributed by atoms with E-state index in [1.807, 2.05) is 17.8 Å². The maximum absolute atomic E-state index is 12.8. The van der Waals surface area contributed by atoms with Crippen LogP contribution in [0.15, 0.2) is 36.7 Å². The van der Waals surface area contributed by atoms with Crippen LogP contribution in [0.4, 0.5) is 10.3 Å². The molecule has 0 radical (unpaired) electrons. The summed E-state index contributed by atoms with van der Waals surface area (Å²) in [6.07, 6.45) is 3.67. The van der Waals surface area contributed by atoms with Gasteiger partial charge in [-0.05, 0) is 24.3 Å². The van der Waals surface area contributed by atoms with Crippen LogP contribution in [0.1, 0.15) is 0 Å². The molecular formula is C16H19FN4O2. The first-order valence-electron chi connectivity index (χ1n) is 7.52. The zero-order chi connectivity index (χ0) is 16.2. The molecule has 0 N–H and O–H groups in total. The molecule has 0 spiro atoms. The van der Waals surface area contributed by atoms with Crippen LogP contribution < -0.4 is 9.64 Å². The maximum atomic E-state index is 12.8. The minimum atomic E-state index is -0.325. The van der Waals surface area contributed by atoms with Gasteiger partial charge in [0.25, 0.3) is 5.91 Å². The van der Waals surface area contributed by atoms with Crippen LogP contribution in [-0.4, -0.2) is 53.1 Å². The molecule has 1 aromatic carbocycles. The molecule has 23 heavy (non-hydrogen) atoms. The first kappa shape index (κ1) is 15.3. The summed E-state index contributed by atoms with van der Waals surface area (Å²) < 4.78 is 20.2. The third-order valence-electron chi connectivity index (χ3n) is 3.89. The van der Waals surface area contributed by atoms with Gasteiger partial charge in [-0.15, -0.1) is 0 Å². The second kappa shape index (κ2) is 6.68. The summed E-state index contributed by atoms with van der Waals surface area (Å²) in [6.45, 7) is 2.73. The molecule has 0 atom stereocenters. The van der Waals surface area contributed by atoms with Crippen molar-refractivity contribution in [2.45, 2.75) is 0 Å². The summed E-state index contributed by atoms with van der Waals surface area (Å²) in [7, 11) is 1.95. The van der Waals surface area contributed by atoms with Crippen molar-refractivity contribution in [3.8, 4) is 5.75 Å². The number of halogens is 1. The fraction of sp³-hybridized carbons (Fsp3) is 0.375. The van der Waals surface area contributed by atoms with Gasteiger partial charge in [-0.1, -0.05) is 0 Å². The van der Waals surface area contributed by atoms with Crippen LogP contribution in [0.3, 0.4) is 0 Å². The van der Waals surface area contributed by atoms with Crippen LogP contribution >= 0.6 is 0 Å². The van der Waals surface area contributed by atoms with Crippen molar-refractivity contribution >= 4 is 11.9 Å². The number of aromatic nitrogens is 2. The van der Waals surface area contributed by atoms with Gasteiger partial charge in [0.15, 0.2) is 6.61 Å². The molecule has 0 bridgehead atoms. The van der Waals surface area contributed by atoms with Gasteiger partial charge in [-0.2, -0.15) is 0 Å². The predicted molar refractivity (Wildman–Crippen MR) is 83.9 cm³/mol. The van der Waals surface area contributed by atoms with Gasteiger partial charge in [0.1, 0.15) is 11.6 Å². The number of benzene rings is 1. The Balaban J connectivity index is 1.48. The number of rotatable bonds is 4. The van der Waals surface area contributed by atoms with Gasteiger partial charge < -0.3 is 19.1 Å². The largest absolute Gasteiger partial charge is 0.484 e. The van der Waals surface area contributed by atoms with E-state index in [1.165, 1.54) is 24.3 Å². The molecule has 7 heteroatoms. The number of piperazine rings is 1. The normalized spacial score (nSPS) is 14.9. The van der Waals surface area contributed by atoms with Crippen LogP contribution in [0.5, 0.6) is 5.75 Å². The lowest BCUT2D eigenvalue weighted by atomic mass is 10.3. The molecule has 122 valence electrons. The highest BCUT2D eigenvalue weighted by molar-refractivity contribution is 5.78. The van der Waals surface area contributed by atoms with Gasteiger partial charge in [-0.3, -0.25) is 4.79 Å². The maximum Gasteiger partial charge on any atom is 0.260 e. The van der Waals surface area contributed by atoms with E-state index in [2.05, 4.69) is 9.88 Å². The smallest absolute Gasteiger partial charge is 0.260 e. The first-order valence-corrected chi connectivity index (χ1v) is 7.52. The Bertz CT molecular complexity index is 663. The standard InChI is InChI=1S/C16H19FN4O2/c1-19-7-6-18-16(19)21-10-8-20(9-11-21)15(22)12-23-14-4-2-13(17)3-5-14/h2-7H,8-12H2,1H3. The van der Waals surface area contributed by atoms with Gasteiger partial charge in [-0.25, -0.2) is 9.37 Å². The molecule has 1 aliphatic heterocycles. The number of ether oxygens (including phenoxy) is 1. The van der Waals surface area contributed by atoms with Crippen LogP contribution in [-0.2, 0) is 11.8 Å². The number of amides is 1. The van der Waals surface area contributed by atoms with Gasteiger partial charge >= 0.3 is 0 Å². The Hall–Kier alpha value is -2.57. The fourth-order valence-corrected chi connectivity index (χ4v) is 2.59. The molecule has 0 unspecified atom stereocenters. The zero-order valence-electron chi connectivity index (χ0n) is 13.0. The molecule has 1 amide bonds. The Kier molecular flexibility index (Phi) is 4.45. The van der Waals surface area contributed by atoms with Crippen LogP contribution in [0.25, 0.3) is 0 Å². The summed E-state index contributed by atoms with van der Waals surface area (Å²) in [6, 6.07) is 5.65. The second-order valence-corrected chi connectivity index (χ2v) is 5.45. The number of carbonyl (C=O) groups excluding carboxylic acids is 1. The van der Waals surface area contributed by atoms with Gasteiger partial charge in [0.2, 0.25) is 5.95 Å². The highest BCUT2D eigenvalue weighted by Gasteiger charge is 2.23. The van der Waals surface area contributed by atoms with E-state index < -0.39 is 0 Å². The summed E-state index contributed by atoms with van der Waals surface area (Å²) >= 11 is 0. The van der Waals surface area contributed by atoms with Crippen LogP contribution in [0.2, 0.25) is 0 Å². The number of carbonyl (C=O) groups is 1. The monoisotopic (exact) mass is 318 g/mol. The minimum Gasteiger partial charge on any atom is -0.484 e. The van der Waals surface area contributed by atoms with Crippen molar-refractivity contribution in [3.05, 3.63) is 42.5 Å². The Morgan fingerprint density at radius 3 is 2.52 bits per heavy atom. The Morgan fingerprint density at radius 2 is 1.91 bits per heavy atom. The molecule has 1 fully saturated rings. The van der Waals surface area contributed by atoms with E-state index >= 15 is 0 Å². The second-order valence-electron chi connectivity index (χ2n) is 5.45. The molecule has 2 heterocycles. The average Bonchev–Trinajstić information content (AvgIpc) is 3.00. The molecule has 1 aromatic heterocycles. The topological polar surface area (TPSA) is 50.6 Å². The van der Waals surface area contributed by atoms with Crippen molar-refractivity contribution in [2.24, 2.45) is 7.05 Å². The summed E-state index contributed by atoms with van der Waals surface area (Å²) in [4.78, 5) is 20.4. The molecule has 0 aliphatic carbocycles. The lowest BCUT2D eigenvalue weighted by molar-refractivity contribution is -0.133. The summed E-state index contributed by atoms with van der Waals surface area (Å²) in [5.74, 6) is 1.02. The Morgan fingerprint density at radius 1 is 1.22 bits per heavy atom. The molecule has 1 saturated heterocycles. The number of aryl methyl sites for hydroxylation is 1. The molecule has 1 aliphatic rings. The number of nitrogens with zero attached hydrogens (tertiary/aromatic N) is 4. The van der Waals surface area contributed by atoms with E-state index in [0.29, 0.717) is 18.8 Å². The molecule has 0 saturated carbocycles. The summed E-state index contributed by atoms with van der Waals surface area (Å²) in [5.41, 5.74) is 0. The van der Waals surface area contributed by atoms with E-state index in [1.54, 1.807) is 11.1 Å². The number of anilines is 1. The van der Waals surface area contributed by atoms with Crippen molar-refractivity contribution in [2.75, 3.05) is 37.7 Å².